The van der Waals surface area contributed by atoms with E-state index in [2.05, 4.69) is 38.5 Å². The van der Waals surface area contributed by atoms with Crippen molar-refractivity contribution in [3.8, 4) is 28.6 Å². The predicted molar refractivity (Wildman–Crippen MR) is 180 cm³/mol. The molecule has 252 valence electrons. The third kappa shape index (κ3) is 7.05. The number of benzene rings is 2. The number of aromatic nitrogens is 4. The Morgan fingerprint density at radius 1 is 1.04 bits per heavy atom. The summed E-state index contributed by atoms with van der Waals surface area (Å²) in [6, 6.07) is 11.3. The number of sulfonamides is 1. The number of hydrogen-bond acceptors (Lipinski definition) is 10. The van der Waals surface area contributed by atoms with Gasteiger partial charge in [0.25, 0.3) is 21.8 Å². The van der Waals surface area contributed by atoms with Crippen molar-refractivity contribution in [2.24, 2.45) is 5.92 Å². The fraction of sp³-hybridized carbons (Fsp3) is 0.400. The Kier molecular flexibility index (Phi) is 9.49. The smallest absolute Gasteiger partial charge is 0.264 e. The van der Waals surface area contributed by atoms with Crippen LogP contribution in [0.5, 0.6) is 17.4 Å². The van der Waals surface area contributed by atoms with E-state index in [0.29, 0.717) is 23.7 Å². The van der Waals surface area contributed by atoms with Crippen molar-refractivity contribution >= 4 is 21.9 Å². The van der Waals surface area contributed by atoms with E-state index in [-0.39, 0.29) is 59.1 Å². The summed E-state index contributed by atoms with van der Waals surface area (Å²) in [6.07, 6.45) is 7.16. The first-order valence-electron chi connectivity index (χ1n) is 16.1. The summed E-state index contributed by atoms with van der Waals surface area (Å²) in [5, 5.41) is 0. The lowest BCUT2D eigenvalue weighted by Crippen LogP contribution is -2.44. The fourth-order valence-electron chi connectivity index (χ4n) is 5.95. The van der Waals surface area contributed by atoms with Crippen LogP contribution in [0.2, 0.25) is 0 Å². The number of nitrogens with zero attached hydrogens (tertiary/aromatic N) is 5. The minimum Gasteiger partial charge on any atom is -0.490 e. The second kappa shape index (κ2) is 13.8. The minimum absolute atomic E-state index is 0.0260. The molecule has 1 saturated carbocycles. The Morgan fingerprint density at radius 3 is 2.40 bits per heavy atom. The lowest BCUT2D eigenvalue weighted by molar-refractivity contribution is 0.0543. The number of rotatable bonds is 8. The lowest BCUT2D eigenvalue weighted by Gasteiger charge is -2.32. The summed E-state index contributed by atoms with van der Waals surface area (Å²) in [5.41, 5.74) is 3.17. The van der Waals surface area contributed by atoms with Crippen LogP contribution in [0.15, 0.2) is 59.8 Å². The van der Waals surface area contributed by atoms with Gasteiger partial charge in [-0.05, 0) is 74.8 Å². The number of amides is 1. The SMILES string of the molecule is COc1c2nc(nc1-c1c(C)cccc1C)NS(=O)(=O)c1cccc(c1)C(=O)N(Cc1ncc(OC3CCC3)cn1)[C@H](CC(C)C)CO2. The van der Waals surface area contributed by atoms with Crippen LogP contribution in [0.25, 0.3) is 11.3 Å². The van der Waals surface area contributed by atoms with Crippen molar-refractivity contribution in [2.75, 3.05) is 18.4 Å². The van der Waals surface area contributed by atoms with Gasteiger partial charge in [-0.2, -0.15) is 4.98 Å². The van der Waals surface area contributed by atoms with Gasteiger partial charge in [0, 0.05) is 11.1 Å². The predicted octanol–water partition coefficient (Wildman–Crippen LogP) is 5.74. The highest BCUT2D eigenvalue weighted by Gasteiger charge is 2.31. The summed E-state index contributed by atoms with van der Waals surface area (Å²) in [4.78, 5) is 34.0. The van der Waals surface area contributed by atoms with E-state index in [1.807, 2.05) is 32.0 Å². The first-order chi connectivity index (χ1) is 23.0. The van der Waals surface area contributed by atoms with Crippen LogP contribution in [0.4, 0.5) is 5.95 Å². The number of ether oxygens (including phenoxy) is 3. The molecule has 2 aromatic carbocycles. The van der Waals surface area contributed by atoms with Gasteiger partial charge >= 0.3 is 0 Å². The van der Waals surface area contributed by atoms with Crippen molar-refractivity contribution in [3.63, 3.8) is 0 Å². The summed E-state index contributed by atoms with van der Waals surface area (Å²) >= 11 is 0. The second-order valence-corrected chi connectivity index (χ2v) is 14.3. The van der Waals surface area contributed by atoms with Gasteiger partial charge in [-0.3, -0.25) is 4.79 Å². The summed E-state index contributed by atoms with van der Waals surface area (Å²) in [7, 11) is -2.73. The maximum atomic E-state index is 14.3. The average Bonchev–Trinajstić information content (AvgIpc) is 3.03. The number of hydrogen-bond donors (Lipinski definition) is 1. The second-order valence-electron chi connectivity index (χ2n) is 12.7. The number of fused-ring (bicyclic) bond motifs is 4. The Bertz CT molecular complexity index is 1890. The van der Waals surface area contributed by atoms with Gasteiger partial charge in [0.1, 0.15) is 18.1 Å². The zero-order valence-corrected chi connectivity index (χ0v) is 28.6. The Morgan fingerprint density at radius 2 is 1.75 bits per heavy atom. The molecule has 1 N–H and O–H groups in total. The van der Waals surface area contributed by atoms with E-state index in [0.717, 1.165) is 36.0 Å². The number of methoxy groups -OCH3 is 1. The summed E-state index contributed by atoms with van der Waals surface area (Å²) in [6.45, 7) is 8.09. The molecule has 6 rings (SSSR count). The van der Waals surface area contributed by atoms with E-state index in [1.165, 1.54) is 19.2 Å². The fourth-order valence-corrected chi connectivity index (χ4v) is 6.94. The molecule has 0 saturated heterocycles. The number of carbonyl (C=O) groups is 1. The van der Waals surface area contributed by atoms with Crippen LogP contribution in [-0.4, -0.2) is 65.0 Å². The van der Waals surface area contributed by atoms with Gasteiger partial charge in [-0.25, -0.2) is 28.1 Å². The van der Waals surface area contributed by atoms with Gasteiger partial charge in [0.05, 0.1) is 43.1 Å². The van der Waals surface area contributed by atoms with Crippen molar-refractivity contribution in [3.05, 3.63) is 77.4 Å². The van der Waals surface area contributed by atoms with Gasteiger partial charge in [0.15, 0.2) is 5.75 Å². The highest BCUT2D eigenvalue weighted by atomic mass is 32.2. The van der Waals surface area contributed by atoms with E-state index < -0.39 is 16.1 Å². The normalized spacial score (nSPS) is 17.7. The molecule has 4 aromatic rings. The van der Waals surface area contributed by atoms with E-state index in [9.17, 15) is 13.2 Å². The Labute approximate surface area is 281 Å². The lowest BCUT2D eigenvalue weighted by atomic mass is 9.96. The molecule has 4 bridgehead atoms. The molecular weight excluding hydrogens is 632 g/mol. The van der Waals surface area contributed by atoms with Crippen LogP contribution >= 0.6 is 0 Å². The third-order valence-electron chi connectivity index (χ3n) is 8.58. The van der Waals surface area contributed by atoms with Gasteiger partial charge < -0.3 is 19.1 Å². The molecule has 0 unspecified atom stereocenters. The summed E-state index contributed by atoms with van der Waals surface area (Å²) in [5.74, 6) is 0.881. The first kappa shape index (κ1) is 33.1. The largest absolute Gasteiger partial charge is 0.490 e. The molecule has 1 aliphatic heterocycles. The summed E-state index contributed by atoms with van der Waals surface area (Å²) < 4.78 is 48.1. The van der Waals surface area contributed by atoms with Crippen molar-refractivity contribution in [2.45, 2.75) is 77.0 Å². The van der Waals surface area contributed by atoms with E-state index in [1.54, 1.807) is 29.4 Å². The minimum atomic E-state index is -4.22. The molecule has 1 aliphatic carbocycles. The topological polar surface area (TPSA) is 146 Å². The Hall–Kier alpha value is -4.78. The van der Waals surface area contributed by atoms with Crippen molar-refractivity contribution in [1.82, 2.24) is 24.8 Å². The maximum absolute atomic E-state index is 14.3. The standard InChI is InChI=1S/C35H40N6O6S/c1-21(2)15-25-20-46-33-32(45-5)31(30-22(3)9-6-10-23(30)4)38-35(39-33)40-48(43,44)28-14-7-11-24(16-28)34(42)41(25)19-29-36-17-27(18-37-29)47-26-12-8-13-26/h6-7,9-11,14,16-18,21,25-26H,8,12-13,15,19-20H2,1-5H3,(H,38,39,40)/t25-/m1/s1. The molecule has 0 radical (unpaired) electrons. The van der Waals surface area contributed by atoms with Crippen LogP contribution in [-0.2, 0) is 16.6 Å². The molecule has 0 spiro atoms. The number of anilines is 1. The third-order valence-corrected chi connectivity index (χ3v) is 9.91. The quantitative estimate of drug-likeness (QED) is 0.246. The first-order valence-corrected chi connectivity index (χ1v) is 17.6. The van der Waals surface area contributed by atoms with Gasteiger partial charge in [0.2, 0.25) is 11.7 Å². The number of carbonyl (C=O) groups excluding carboxylic acids is 1. The van der Waals surface area contributed by atoms with E-state index >= 15 is 0 Å². The van der Waals surface area contributed by atoms with Crippen LogP contribution in [0.1, 0.15) is 66.8 Å². The molecule has 1 atom stereocenters. The van der Waals surface area contributed by atoms with E-state index in [4.69, 9.17) is 14.2 Å². The van der Waals surface area contributed by atoms with Crippen LogP contribution < -0.4 is 18.9 Å². The zero-order valence-electron chi connectivity index (χ0n) is 27.8. The van der Waals surface area contributed by atoms with Crippen LogP contribution in [0.3, 0.4) is 0 Å². The highest BCUT2D eigenvalue weighted by Crippen LogP contribution is 2.40. The number of aryl methyl sites for hydroxylation is 2. The molecular formula is C35H40N6O6S. The van der Waals surface area contributed by atoms with Crippen LogP contribution in [0, 0.1) is 19.8 Å². The van der Waals surface area contributed by atoms with Gasteiger partial charge in [-0.15, -0.1) is 0 Å². The maximum Gasteiger partial charge on any atom is 0.264 e. The Balaban J connectivity index is 1.46. The highest BCUT2D eigenvalue weighted by molar-refractivity contribution is 7.92. The number of nitrogens with one attached hydrogen (secondary N) is 1. The molecule has 1 fully saturated rings. The van der Waals surface area contributed by atoms with Crippen molar-refractivity contribution in [1.29, 1.82) is 0 Å². The molecule has 2 aliphatic rings. The molecule has 12 nitrogen and oxygen atoms in total. The molecule has 2 aromatic heterocycles. The zero-order chi connectivity index (χ0) is 34.0. The van der Waals surface area contributed by atoms with Crippen molar-refractivity contribution < 1.29 is 27.4 Å². The molecule has 1 amide bonds. The molecule has 3 heterocycles. The molecule has 13 heteroatoms. The van der Waals surface area contributed by atoms with Gasteiger partial charge in [-0.1, -0.05) is 38.1 Å². The average molecular weight is 673 g/mol. The molecule has 48 heavy (non-hydrogen) atoms. The monoisotopic (exact) mass is 672 g/mol.